The molecule has 0 heterocycles. The number of benzene rings is 1. The van der Waals surface area contributed by atoms with Crippen LogP contribution in [0.4, 0.5) is 5.69 Å². The number of nitrogens with one attached hydrogen (secondary N) is 1. The van der Waals surface area contributed by atoms with E-state index in [-0.39, 0.29) is 10.6 Å². The summed E-state index contributed by atoms with van der Waals surface area (Å²) in [6.45, 7) is 7.33. The number of non-ortho nitro benzene ring substituents is 1. The molecule has 4 nitrogen and oxygen atoms in total. The first-order chi connectivity index (χ1) is 9.06. The third-order valence-corrected chi connectivity index (χ3v) is 3.59. The predicted molar refractivity (Wildman–Crippen MR) is 78.1 cm³/mol. The Kier molecular flexibility index (Phi) is 6.50. The van der Waals surface area contributed by atoms with E-state index < -0.39 is 0 Å². The van der Waals surface area contributed by atoms with Crippen LogP contribution in [0.1, 0.15) is 45.6 Å². The van der Waals surface area contributed by atoms with Gasteiger partial charge >= 0.3 is 0 Å². The standard InChI is InChI=1S/C15H24N2O2/c1-4-12(3)9-14(5-2)16-11-13-7-6-8-15(10-13)17(18)19/h6-8,10,12,14,16H,4-5,9,11H2,1-3H3. The van der Waals surface area contributed by atoms with E-state index in [1.807, 2.05) is 6.07 Å². The van der Waals surface area contributed by atoms with Crippen LogP contribution in [0.2, 0.25) is 0 Å². The fourth-order valence-electron chi connectivity index (χ4n) is 2.09. The molecule has 0 aliphatic heterocycles. The highest BCUT2D eigenvalue weighted by atomic mass is 16.6. The van der Waals surface area contributed by atoms with Gasteiger partial charge in [-0.15, -0.1) is 0 Å². The molecule has 0 bridgehead atoms. The van der Waals surface area contributed by atoms with Gasteiger partial charge in [-0.3, -0.25) is 10.1 Å². The first-order valence-electron chi connectivity index (χ1n) is 7.03. The van der Waals surface area contributed by atoms with Gasteiger partial charge in [0, 0.05) is 24.7 Å². The lowest BCUT2D eigenvalue weighted by molar-refractivity contribution is -0.384. The topological polar surface area (TPSA) is 55.2 Å². The van der Waals surface area contributed by atoms with Crippen molar-refractivity contribution < 1.29 is 4.92 Å². The van der Waals surface area contributed by atoms with Crippen molar-refractivity contribution in [1.29, 1.82) is 0 Å². The van der Waals surface area contributed by atoms with Crippen LogP contribution in [0.25, 0.3) is 0 Å². The maximum absolute atomic E-state index is 10.7. The summed E-state index contributed by atoms with van der Waals surface area (Å²) < 4.78 is 0. The second kappa shape index (κ2) is 7.89. The molecule has 2 atom stereocenters. The third kappa shape index (κ3) is 5.39. The van der Waals surface area contributed by atoms with E-state index in [0.717, 1.165) is 18.4 Å². The van der Waals surface area contributed by atoms with Gasteiger partial charge in [0.15, 0.2) is 0 Å². The van der Waals surface area contributed by atoms with Gasteiger partial charge in [0.05, 0.1) is 4.92 Å². The Hall–Kier alpha value is -1.42. The molecule has 0 amide bonds. The first kappa shape index (κ1) is 15.6. The number of nitro benzene ring substituents is 1. The quantitative estimate of drug-likeness (QED) is 0.572. The zero-order chi connectivity index (χ0) is 14.3. The third-order valence-electron chi connectivity index (χ3n) is 3.59. The van der Waals surface area contributed by atoms with Gasteiger partial charge in [0.1, 0.15) is 0 Å². The van der Waals surface area contributed by atoms with Gasteiger partial charge in [-0.25, -0.2) is 0 Å². The molecule has 0 radical (unpaired) electrons. The molecule has 1 rings (SSSR count). The van der Waals surface area contributed by atoms with Gasteiger partial charge in [-0.05, 0) is 24.3 Å². The van der Waals surface area contributed by atoms with Crippen molar-refractivity contribution in [1.82, 2.24) is 5.32 Å². The molecular weight excluding hydrogens is 240 g/mol. The summed E-state index contributed by atoms with van der Waals surface area (Å²) in [7, 11) is 0. The molecule has 0 aromatic heterocycles. The molecule has 0 aliphatic carbocycles. The Balaban J connectivity index is 2.54. The summed E-state index contributed by atoms with van der Waals surface area (Å²) in [5, 5.41) is 14.2. The van der Waals surface area contributed by atoms with Crippen molar-refractivity contribution in [2.75, 3.05) is 0 Å². The smallest absolute Gasteiger partial charge is 0.269 e. The lowest BCUT2D eigenvalue weighted by atomic mass is 9.97. The minimum atomic E-state index is -0.347. The summed E-state index contributed by atoms with van der Waals surface area (Å²) in [6, 6.07) is 7.32. The van der Waals surface area contributed by atoms with Crippen LogP contribution in [0.3, 0.4) is 0 Å². The van der Waals surface area contributed by atoms with Gasteiger partial charge in [0.25, 0.3) is 5.69 Å². The normalized spacial score (nSPS) is 14.1. The molecule has 0 saturated heterocycles. The average Bonchev–Trinajstić information content (AvgIpc) is 2.43. The summed E-state index contributed by atoms with van der Waals surface area (Å²) in [5.74, 6) is 0.711. The number of rotatable bonds is 8. The maximum Gasteiger partial charge on any atom is 0.269 e. The Morgan fingerprint density at radius 1 is 1.32 bits per heavy atom. The van der Waals surface area contributed by atoms with Crippen molar-refractivity contribution in [3.05, 3.63) is 39.9 Å². The lowest BCUT2D eigenvalue weighted by Gasteiger charge is -2.20. The van der Waals surface area contributed by atoms with E-state index in [9.17, 15) is 10.1 Å². The molecule has 1 aromatic carbocycles. The summed E-state index contributed by atoms with van der Waals surface area (Å²) in [4.78, 5) is 10.4. The Bertz CT molecular complexity index is 407. The van der Waals surface area contributed by atoms with Crippen LogP contribution in [0.15, 0.2) is 24.3 Å². The van der Waals surface area contributed by atoms with Crippen LogP contribution in [-0.2, 0) is 6.54 Å². The summed E-state index contributed by atoms with van der Waals surface area (Å²) >= 11 is 0. The monoisotopic (exact) mass is 264 g/mol. The zero-order valence-electron chi connectivity index (χ0n) is 12.1. The van der Waals surface area contributed by atoms with Crippen molar-refractivity contribution in [2.24, 2.45) is 5.92 Å². The highest BCUT2D eigenvalue weighted by Gasteiger charge is 2.11. The molecule has 2 unspecified atom stereocenters. The minimum Gasteiger partial charge on any atom is -0.310 e. The Morgan fingerprint density at radius 3 is 2.63 bits per heavy atom. The first-order valence-corrected chi connectivity index (χ1v) is 7.03. The van der Waals surface area contributed by atoms with E-state index in [1.165, 1.54) is 12.5 Å². The second-order valence-corrected chi connectivity index (χ2v) is 5.16. The SMILES string of the molecule is CCC(C)CC(CC)NCc1cccc([N+](=O)[O-])c1. The fraction of sp³-hybridized carbons (Fsp3) is 0.600. The molecule has 0 fully saturated rings. The van der Waals surface area contributed by atoms with Crippen LogP contribution in [0.5, 0.6) is 0 Å². The van der Waals surface area contributed by atoms with Gasteiger partial charge in [-0.2, -0.15) is 0 Å². The van der Waals surface area contributed by atoms with E-state index in [0.29, 0.717) is 18.5 Å². The lowest BCUT2D eigenvalue weighted by Crippen LogP contribution is -2.29. The van der Waals surface area contributed by atoms with Crippen LogP contribution < -0.4 is 5.32 Å². The molecule has 19 heavy (non-hydrogen) atoms. The Morgan fingerprint density at radius 2 is 2.05 bits per heavy atom. The van der Waals surface area contributed by atoms with Gasteiger partial charge in [0.2, 0.25) is 0 Å². The van der Waals surface area contributed by atoms with E-state index in [1.54, 1.807) is 12.1 Å². The molecular formula is C15H24N2O2. The van der Waals surface area contributed by atoms with Crippen molar-refractivity contribution >= 4 is 5.69 Å². The summed E-state index contributed by atoms with van der Waals surface area (Å²) in [5.41, 5.74) is 1.13. The second-order valence-electron chi connectivity index (χ2n) is 5.16. The highest BCUT2D eigenvalue weighted by Crippen LogP contribution is 2.15. The number of hydrogen-bond donors (Lipinski definition) is 1. The maximum atomic E-state index is 10.7. The van der Waals surface area contributed by atoms with E-state index in [2.05, 4.69) is 26.1 Å². The largest absolute Gasteiger partial charge is 0.310 e. The number of nitro groups is 1. The van der Waals surface area contributed by atoms with Gasteiger partial charge in [-0.1, -0.05) is 39.3 Å². The molecule has 1 N–H and O–H groups in total. The van der Waals surface area contributed by atoms with Crippen molar-refractivity contribution in [3.63, 3.8) is 0 Å². The zero-order valence-corrected chi connectivity index (χ0v) is 12.1. The summed E-state index contributed by atoms with van der Waals surface area (Å²) in [6.07, 6.45) is 3.43. The molecule has 0 saturated carbocycles. The fourth-order valence-corrected chi connectivity index (χ4v) is 2.09. The van der Waals surface area contributed by atoms with E-state index >= 15 is 0 Å². The predicted octanol–water partition coefficient (Wildman–Crippen LogP) is 3.90. The highest BCUT2D eigenvalue weighted by molar-refractivity contribution is 5.34. The molecule has 1 aromatic rings. The number of nitrogens with zero attached hydrogens (tertiary/aromatic N) is 1. The molecule has 0 aliphatic rings. The minimum absolute atomic E-state index is 0.161. The van der Waals surface area contributed by atoms with Crippen molar-refractivity contribution in [3.8, 4) is 0 Å². The van der Waals surface area contributed by atoms with E-state index in [4.69, 9.17) is 0 Å². The molecule has 4 heteroatoms. The Labute approximate surface area is 115 Å². The van der Waals surface area contributed by atoms with Crippen molar-refractivity contribution in [2.45, 2.75) is 52.6 Å². The average molecular weight is 264 g/mol. The molecule has 106 valence electrons. The van der Waals surface area contributed by atoms with Crippen LogP contribution in [0, 0.1) is 16.0 Å². The molecule has 0 spiro atoms. The number of hydrogen-bond acceptors (Lipinski definition) is 3. The van der Waals surface area contributed by atoms with Gasteiger partial charge < -0.3 is 5.32 Å². The van der Waals surface area contributed by atoms with Crippen LogP contribution in [-0.4, -0.2) is 11.0 Å². The van der Waals surface area contributed by atoms with Crippen LogP contribution >= 0.6 is 0 Å².